The Morgan fingerprint density at radius 1 is 1.15 bits per heavy atom. The molecule has 0 unspecified atom stereocenters. The molecule has 0 spiro atoms. The van der Waals surface area contributed by atoms with Crippen molar-refractivity contribution in [3.63, 3.8) is 0 Å². The molecule has 0 fully saturated rings. The number of hydrogen-bond acceptors (Lipinski definition) is 4. The average Bonchev–Trinajstić information content (AvgIpc) is 2.46. The van der Waals surface area contributed by atoms with Crippen LogP contribution in [0.25, 0.3) is 0 Å². The van der Waals surface area contributed by atoms with Gasteiger partial charge in [0.2, 0.25) is 0 Å². The van der Waals surface area contributed by atoms with Crippen molar-refractivity contribution in [1.29, 1.82) is 0 Å². The Kier molecular flexibility index (Phi) is 4.91. The maximum Gasteiger partial charge on any atom is 0.310 e. The van der Waals surface area contributed by atoms with Crippen LogP contribution in [-0.4, -0.2) is 4.92 Å². The van der Waals surface area contributed by atoms with E-state index in [9.17, 15) is 10.1 Å². The molecule has 0 amide bonds. The van der Waals surface area contributed by atoms with Crippen LogP contribution in [0.15, 0.2) is 42.5 Å². The van der Waals surface area contributed by atoms with Crippen molar-refractivity contribution in [3.05, 3.63) is 67.3 Å². The number of nitrogens with zero attached hydrogens (tertiary/aromatic N) is 1. The summed E-state index contributed by atoms with van der Waals surface area (Å²) in [6, 6.07) is 12.5. The van der Waals surface area contributed by atoms with Gasteiger partial charge in [-0.05, 0) is 51.9 Å². The third kappa shape index (κ3) is 3.67. The van der Waals surface area contributed by atoms with E-state index >= 15 is 0 Å². The van der Waals surface area contributed by atoms with E-state index in [-0.39, 0.29) is 18.0 Å². The number of ether oxygens (including phenoxy) is 1. The van der Waals surface area contributed by atoms with Gasteiger partial charge in [0.25, 0.3) is 0 Å². The van der Waals surface area contributed by atoms with Gasteiger partial charge in [0, 0.05) is 16.2 Å². The molecule has 2 rings (SSSR count). The predicted molar refractivity (Wildman–Crippen MR) is 84.5 cm³/mol. The van der Waals surface area contributed by atoms with Gasteiger partial charge < -0.3 is 10.5 Å². The molecule has 0 radical (unpaired) electrons. The highest BCUT2D eigenvalue weighted by Gasteiger charge is 2.15. The molecule has 0 bridgehead atoms. The summed E-state index contributed by atoms with van der Waals surface area (Å²) < 4.78 is 6.69. The number of nitrogens with two attached hydrogens (primary N) is 1. The van der Waals surface area contributed by atoms with Crippen LogP contribution in [0.4, 0.5) is 5.69 Å². The molecule has 104 valence electrons. The maximum absolute atomic E-state index is 11.0. The first-order chi connectivity index (χ1) is 9.60. The summed E-state index contributed by atoms with van der Waals surface area (Å²) in [6.45, 7) is 0.601. The Balaban J connectivity index is 2.18. The highest BCUT2D eigenvalue weighted by Crippen LogP contribution is 2.28. The van der Waals surface area contributed by atoms with Gasteiger partial charge in [-0.1, -0.05) is 18.2 Å². The number of halogens is 1. The standard InChI is InChI=1S/C14H13IN2O3/c15-12-4-1-10(2-5-12)9-20-14-7-11(8-16)3-6-13(14)17(18)19/h1-7H,8-9,16H2. The largest absolute Gasteiger partial charge is 0.482 e. The van der Waals surface area contributed by atoms with Crippen molar-refractivity contribution in [3.8, 4) is 5.75 Å². The summed E-state index contributed by atoms with van der Waals surface area (Å²) >= 11 is 2.22. The molecule has 2 aromatic rings. The lowest BCUT2D eigenvalue weighted by atomic mass is 10.2. The highest BCUT2D eigenvalue weighted by atomic mass is 127. The topological polar surface area (TPSA) is 78.4 Å². The molecule has 0 atom stereocenters. The Morgan fingerprint density at radius 3 is 2.40 bits per heavy atom. The first-order valence-electron chi connectivity index (χ1n) is 5.95. The normalized spacial score (nSPS) is 10.3. The lowest BCUT2D eigenvalue weighted by Crippen LogP contribution is -2.02. The predicted octanol–water partition coefficient (Wildman–Crippen LogP) is 3.24. The zero-order valence-electron chi connectivity index (χ0n) is 10.6. The SMILES string of the molecule is NCc1ccc([N+](=O)[O-])c(OCc2ccc(I)cc2)c1. The van der Waals surface area contributed by atoms with E-state index < -0.39 is 4.92 Å². The van der Waals surface area contributed by atoms with Gasteiger partial charge in [-0.3, -0.25) is 10.1 Å². The summed E-state index contributed by atoms with van der Waals surface area (Å²) in [4.78, 5) is 10.5. The number of nitro groups is 1. The van der Waals surface area contributed by atoms with Crippen LogP contribution in [0.2, 0.25) is 0 Å². The zero-order valence-corrected chi connectivity index (χ0v) is 12.7. The molecular formula is C14H13IN2O3. The molecule has 0 aromatic heterocycles. The van der Waals surface area contributed by atoms with E-state index in [2.05, 4.69) is 22.6 Å². The average molecular weight is 384 g/mol. The van der Waals surface area contributed by atoms with Gasteiger partial charge in [-0.2, -0.15) is 0 Å². The Labute approximate surface area is 130 Å². The van der Waals surface area contributed by atoms with Crippen LogP contribution in [0, 0.1) is 13.7 Å². The smallest absolute Gasteiger partial charge is 0.310 e. The van der Waals surface area contributed by atoms with Crippen LogP contribution >= 0.6 is 22.6 Å². The van der Waals surface area contributed by atoms with E-state index in [0.717, 1.165) is 14.7 Å². The Bertz CT molecular complexity index is 614. The van der Waals surface area contributed by atoms with Crippen molar-refractivity contribution in [2.45, 2.75) is 13.2 Å². The van der Waals surface area contributed by atoms with Crippen LogP contribution in [0.1, 0.15) is 11.1 Å². The molecule has 0 aliphatic rings. The lowest BCUT2D eigenvalue weighted by molar-refractivity contribution is -0.386. The van der Waals surface area contributed by atoms with Crippen molar-refractivity contribution < 1.29 is 9.66 Å². The molecule has 0 aliphatic heterocycles. The van der Waals surface area contributed by atoms with E-state index in [4.69, 9.17) is 10.5 Å². The van der Waals surface area contributed by atoms with Crippen molar-refractivity contribution >= 4 is 28.3 Å². The van der Waals surface area contributed by atoms with Crippen molar-refractivity contribution in [2.75, 3.05) is 0 Å². The van der Waals surface area contributed by atoms with Gasteiger partial charge in [0.15, 0.2) is 5.75 Å². The fraction of sp³-hybridized carbons (Fsp3) is 0.143. The van der Waals surface area contributed by atoms with Crippen LogP contribution in [-0.2, 0) is 13.2 Å². The van der Waals surface area contributed by atoms with Crippen molar-refractivity contribution in [2.24, 2.45) is 5.73 Å². The fourth-order valence-electron chi connectivity index (χ4n) is 1.69. The van der Waals surface area contributed by atoms with Gasteiger partial charge in [0.1, 0.15) is 6.61 Å². The summed E-state index contributed by atoms with van der Waals surface area (Å²) in [5, 5.41) is 11.0. The van der Waals surface area contributed by atoms with Gasteiger partial charge >= 0.3 is 5.69 Å². The zero-order chi connectivity index (χ0) is 14.5. The molecule has 0 aliphatic carbocycles. The minimum absolute atomic E-state index is 0.0484. The van der Waals surface area contributed by atoms with E-state index in [1.165, 1.54) is 6.07 Å². The minimum Gasteiger partial charge on any atom is -0.482 e. The maximum atomic E-state index is 11.0. The fourth-order valence-corrected chi connectivity index (χ4v) is 2.05. The first-order valence-corrected chi connectivity index (χ1v) is 7.02. The second-order valence-corrected chi connectivity index (χ2v) is 5.42. The quantitative estimate of drug-likeness (QED) is 0.488. The third-order valence-corrected chi connectivity index (χ3v) is 3.48. The van der Waals surface area contributed by atoms with E-state index in [0.29, 0.717) is 6.54 Å². The van der Waals surface area contributed by atoms with Crippen LogP contribution in [0.5, 0.6) is 5.75 Å². The molecule has 0 heterocycles. The van der Waals surface area contributed by atoms with Gasteiger partial charge in [-0.25, -0.2) is 0 Å². The Morgan fingerprint density at radius 2 is 1.80 bits per heavy atom. The molecule has 20 heavy (non-hydrogen) atoms. The summed E-state index contributed by atoms with van der Waals surface area (Å²) in [7, 11) is 0. The van der Waals surface area contributed by atoms with E-state index in [1.807, 2.05) is 24.3 Å². The summed E-state index contributed by atoms with van der Waals surface area (Å²) in [5.74, 6) is 0.247. The number of hydrogen-bond donors (Lipinski definition) is 1. The highest BCUT2D eigenvalue weighted by molar-refractivity contribution is 14.1. The molecule has 0 saturated carbocycles. The van der Waals surface area contributed by atoms with Crippen LogP contribution < -0.4 is 10.5 Å². The van der Waals surface area contributed by atoms with Gasteiger partial charge in [0.05, 0.1) is 4.92 Å². The van der Waals surface area contributed by atoms with Crippen LogP contribution in [0.3, 0.4) is 0 Å². The molecule has 2 aromatic carbocycles. The molecule has 2 N–H and O–H groups in total. The molecule has 6 heteroatoms. The second kappa shape index (κ2) is 6.67. The van der Waals surface area contributed by atoms with E-state index in [1.54, 1.807) is 12.1 Å². The summed E-state index contributed by atoms with van der Waals surface area (Å²) in [6.07, 6.45) is 0. The van der Waals surface area contributed by atoms with Crippen molar-refractivity contribution in [1.82, 2.24) is 0 Å². The lowest BCUT2D eigenvalue weighted by Gasteiger charge is -2.08. The second-order valence-electron chi connectivity index (χ2n) is 4.18. The summed E-state index contributed by atoms with van der Waals surface area (Å²) in [5.41, 5.74) is 7.25. The number of nitro benzene ring substituents is 1. The Hall–Kier alpha value is -1.67. The molecule has 0 saturated heterocycles. The molecular weight excluding hydrogens is 371 g/mol. The third-order valence-electron chi connectivity index (χ3n) is 2.76. The minimum atomic E-state index is -0.455. The molecule has 5 nitrogen and oxygen atoms in total. The van der Waals surface area contributed by atoms with Gasteiger partial charge in [-0.15, -0.1) is 0 Å². The number of rotatable bonds is 5. The first kappa shape index (κ1) is 14.7. The monoisotopic (exact) mass is 384 g/mol. The number of benzene rings is 2.